The number of sulfonamides is 1. The van der Waals surface area contributed by atoms with Gasteiger partial charge < -0.3 is 4.90 Å². The number of carbonyl (C=O) groups is 1. The van der Waals surface area contributed by atoms with Crippen LogP contribution in [0.1, 0.15) is 30.9 Å². The zero-order chi connectivity index (χ0) is 20.7. The molecule has 0 aliphatic carbocycles. The summed E-state index contributed by atoms with van der Waals surface area (Å²) in [4.78, 5) is 14.8. The minimum atomic E-state index is -3.48. The van der Waals surface area contributed by atoms with Gasteiger partial charge in [0.1, 0.15) is 0 Å². The van der Waals surface area contributed by atoms with Crippen molar-refractivity contribution in [3.63, 3.8) is 0 Å². The van der Waals surface area contributed by atoms with Gasteiger partial charge in [-0.15, -0.1) is 0 Å². The Hall–Kier alpha value is -2.44. The average Bonchev–Trinajstić information content (AvgIpc) is 2.77. The maximum atomic E-state index is 12.9. The Labute approximate surface area is 173 Å². The van der Waals surface area contributed by atoms with E-state index in [1.54, 1.807) is 6.08 Å². The Balaban J connectivity index is 1.57. The molecule has 3 rings (SSSR count). The first kappa shape index (κ1) is 21.3. The van der Waals surface area contributed by atoms with E-state index >= 15 is 0 Å². The summed E-state index contributed by atoms with van der Waals surface area (Å²) in [5, 5.41) is 1.26. The van der Waals surface area contributed by atoms with Crippen molar-refractivity contribution in [2.24, 2.45) is 5.92 Å². The molecule has 29 heavy (non-hydrogen) atoms. The number of hydrogen-bond acceptors (Lipinski definition) is 3. The summed E-state index contributed by atoms with van der Waals surface area (Å²) in [6, 6.07) is 19.3. The molecule has 0 radical (unpaired) electrons. The molecule has 1 amide bonds. The van der Waals surface area contributed by atoms with Crippen LogP contribution in [-0.4, -0.2) is 43.2 Å². The van der Waals surface area contributed by atoms with Crippen LogP contribution < -0.4 is 0 Å². The second-order valence-electron chi connectivity index (χ2n) is 7.27. The first-order valence-corrected chi connectivity index (χ1v) is 11.6. The number of carbonyl (C=O) groups excluding carboxylic acids is 1. The van der Waals surface area contributed by atoms with E-state index in [1.807, 2.05) is 72.5 Å². The lowest BCUT2D eigenvalue weighted by Gasteiger charge is -2.33. The van der Waals surface area contributed by atoms with Crippen LogP contribution >= 0.6 is 0 Å². The molecule has 0 atom stereocenters. The van der Waals surface area contributed by atoms with Crippen molar-refractivity contribution in [1.29, 1.82) is 0 Å². The lowest BCUT2D eigenvalue weighted by Crippen LogP contribution is -2.43. The Kier molecular flexibility index (Phi) is 7.23. The van der Waals surface area contributed by atoms with Crippen molar-refractivity contribution < 1.29 is 13.2 Å². The van der Waals surface area contributed by atoms with E-state index in [2.05, 4.69) is 0 Å². The molecule has 0 spiro atoms. The largest absolute Gasteiger partial charge is 0.338 e. The lowest BCUT2D eigenvalue weighted by atomic mass is 9.96. The van der Waals surface area contributed by atoms with Gasteiger partial charge in [0, 0.05) is 37.5 Å². The zero-order valence-corrected chi connectivity index (χ0v) is 17.6. The summed E-state index contributed by atoms with van der Waals surface area (Å²) < 4.78 is 26.7. The molecule has 1 fully saturated rings. The van der Waals surface area contributed by atoms with Crippen molar-refractivity contribution >= 4 is 22.0 Å². The van der Waals surface area contributed by atoms with Gasteiger partial charge in [0.05, 0.1) is 0 Å². The van der Waals surface area contributed by atoms with Crippen molar-refractivity contribution in [1.82, 2.24) is 9.21 Å². The second kappa shape index (κ2) is 9.85. The van der Waals surface area contributed by atoms with Gasteiger partial charge in [-0.05, 0) is 37.0 Å². The van der Waals surface area contributed by atoms with Crippen molar-refractivity contribution in [3.8, 4) is 0 Å². The van der Waals surface area contributed by atoms with Crippen LogP contribution in [0, 0.1) is 5.92 Å². The summed E-state index contributed by atoms with van der Waals surface area (Å²) in [6.07, 6.45) is 2.73. The predicted octanol–water partition coefficient (Wildman–Crippen LogP) is 3.75. The smallest absolute Gasteiger partial charge is 0.236 e. The van der Waals surface area contributed by atoms with Gasteiger partial charge in [0.2, 0.25) is 15.9 Å². The van der Waals surface area contributed by atoms with Crippen LogP contribution in [0.3, 0.4) is 0 Å². The molecule has 0 N–H and O–H groups in total. The molecule has 1 aliphatic rings. The fourth-order valence-electron chi connectivity index (χ4n) is 3.58. The van der Waals surface area contributed by atoms with Gasteiger partial charge >= 0.3 is 0 Å². The van der Waals surface area contributed by atoms with E-state index in [4.69, 9.17) is 0 Å². The van der Waals surface area contributed by atoms with E-state index in [-0.39, 0.29) is 11.8 Å². The summed E-state index contributed by atoms with van der Waals surface area (Å²) in [7, 11) is -3.48. The molecule has 1 saturated heterocycles. The summed E-state index contributed by atoms with van der Waals surface area (Å²) in [5.41, 5.74) is 1.95. The highest BCUT2D eigenvalue weighted by atomic mass is 32.2. The van der Waals surface area contributed by atoms with Crippen LogP contribution in [0.5, 0.6) is 0 Å². The standard InChI is InChI=1S/C23H28N2O3S/c1-2-24(19-21-11-7-4-8-12-21)23(26)22-13-16-25(17-14-22)29(27,28)18-15-20-9-5-3-6-10-20/h3-12,15,18,22H,2,13-14,16-17,19H2,1H3. The highest BCUT2D eigenvalue weighted by Crippen LogP contribution is 2.23. The van der Waals surface area contributed by atoms with Crippen LogP contribution in [0.4, 0.5) is 0 Å². The highest BCUT2D eigenvalue weighted by molar-refractivity contribution is 7.92. The van der Waals surface area contributed by atoms with Gasteiger partial charge in [0.15, 0.2) is 0 Å². The fourth-order valence-corrected chi connectivity index (χ4v) is 4.80. The van der Waals surface area contributed by atoms with E-state index in [0.29, 0.717) is 39.0 Å². The zero-order valence-electron chi connectivity index (χ0n) is 16.8. The Morgan fingerprint density at radius 2 is 1.62 bits per heavy atom. The minimum absolute atomic E-state index is 0.119. The lowest BCUT2D eigenvalue weighted by molar-refractivity contribution is -0.137. The molecule has 2 aromatic rings. The van der Waals surface area contributed by atoms with Crippen molar-refractivity contribution in [3.05, 3.63) is 77.2 Å². The van der Waals surface area contributed by atoms with Gasteiger partial charge in [-0.25, -0.2) is 8.42 Å². The normalized spacial score (nSPS) is 16.2. The van der Waals surface area contributed by atoms with E-state index < -0.39 is 10.0 Å². The first-order chi connectivity index (χ1) is 14.0. The molecule has 5 nitrogen and oxygen atoms in total. The first-order valence-electron chi connectivity index (χ1n) is 10.1. The number of nitrogens with zero attached hydrogens (tertiary/aromatic N) is 2. The molecular formula is C23H28N2O3S. The van der Waals surface area contributed by atoms with Gasteiger partial charge in [-0.2, -0.15) is 4.31 Å². The quantitative estimate of drug-likeness (QED) is 0.696. The molecule has 0 bridgehead atoms. The van der Waals surface area contributed by atoms with E-state index in [9.17, 15) is 13.2 Å². The Morgan fingerprint density at radius 1 is 1.03 bits per heavy atom. The Bertz CT molecular complexity index is 919. The number of rotatable bonds is 7. The highest BCUT2D eigenvalue weighted by Gasteiger charge is 2.31. The van der Waals surface area contributed by atoms with Gasteiger partial charge in [-0.3, -0.25) is 4.79 Å². The maximum absolute atomic E-state index is 12.9. The molecule has 0 unspecified atom stereocenters. The molecule has 0 saturated carbocycles. The molecule has 154 valence electrons. The Morgan fingerprint density at radius 3 is 2.21 bits per heavy atom. The fraction of sp³-hybridized carbons (Fsp3) is 0.348. The monoisotopic (exact) mass is 412 g/mol. The number of piperidine rings is 1. The molecule has 1 aliphatic heterocycles. The van der Waals surface area contributed by atoms with Crippen molar-refractivity contribution in [2.75, 3.05) is 19.6 Å². The number of benzene rings is 2. The van der Waals surface area contributed by atoms with Crippen LogP contribution in [0.15, 0.2) is 66.1 Å². The van der Waals surface area contributed by atoms with Gasteiger partial charge in [-0.1, -0.05) is 60.7 Å². The van der Waals surface area contributed by atoms with E-state index in [1.165, 1.54) is 9.71 Å². The molecule has 0 aromatic heterocycles. The average molecular weight is 413 g/mol. The number of hydrogen-bond donors (Lipinski definition) is 0. The van der Waals surface area contributed by atoms with Crippen LogP contribution in [-0.2, 0) is 21.4 Å². The molecular weight excluding hydrogens is 384 g/mol. The number of amides is 1. The van der Waals surface area contributed by atoms with Gasteiger partial charge in [0.25, 0.3) is 0 Å². The van der Waals surface area contributed by atoms with Crippen LogP contribution in [0.2, 0.25) is 0 Å². The topological polar surface area (TPSA) is 57.7 Å². The molecule has 1 heterocycles. The predicted molar refractivity (Wildman–Crippen MR) is 116 cm³/mol. The third-order valence-electron chi connectivity index (χ3n) is 5.30. The molecule has 6 heteroatoms. The summed E-state index contributed by atoms with van der Waals surface area (Å²) >= 11 is 0. The summed E-state index contributed by atoms with van der Waals surface area (Å²) in [5.74, 6) is -0.00329. The summed E-state index contributed by atoms with van der Waals surface area (Å²) in [6.45, 7) is 3.97. The minimum Gasteiger partial charge on any atom is -0.338 e. The third kappa shape index (κ3) is 5.78. The third-order valence-corrected chi connectivity index (χ3v) is 6.87. The van der Waals surface area contributed by atoms with Crippen molar-refractivity contribution in [2.45, 2.75) is 26.3 Å². The maximum Gasteiger partial charge on any atom is 0.236 e. The molecule has 2 aromatic carbocycles. The van der Waals surface area contributed by atoms with E-state index in [0.717, 1.165) is 11.1 Å². The van der Waals surface area contributed by atoms with Crippen LogP contribution in [0.25, 0.3) is 6.08 Å². The SMILES string of the molecule is CCN(Cc1ccccc1)C(=O)C1CCN(S(=O)(=O)C=Cc2ccccc2)CC1. The second-order valence-corrected chi connectivity index (χ2v) is 9.09.